The Hall–Kier alpha value is -2.79. The minimum absolute atomic E-state index is 0.0625. The van der Waals surface area contributed by atoms with Crippen molar-refractivity contribution in [1.29, 1.82) is 0 Å². The van der Waals surface area contributed by atoms with Crippen LogP contribution in [0.5, 0.6) is 5.75 Å². The molecular weight excluding hydrogens is 426 g/mol. The van der Waals surface area contributed by atoms with Crippen LogP contribution < -0.4 is 4.74 Å². The van der Waals surface area contributed by atoms with Crippen LogP contribution in [0.25, 0.3) is 11.5 Å². The molecule has 0 atom stereocenters. The van der Waals surface area contributed by atoms with Crippen LogP contribution in [0.1, 0.15) is 43.2 Å². The predicted octanol–water partition coefficient (Wildman–Crippen LogP) is 6.20. The highest BCUT2D eigenvalue weighted by atomic mass is 35.5. The maximum atomic E-state index is 12.4. The average molecular weight is 454 g/mol. The van der Waals surface area contributed by atoms with Gasteiger partial charge >= 0.3 is 5.97 Å². The summed E-state index contributed by atoms with van der Waals surface area (Å²) in [6, 6.07) is 15.4. The zero-order valence-corrected chi connectivity index (χ0v) is 19.3. The number of aromatic nitrogens is 1. The molecule has 168 valence electrons. The number of benzene rings is 2. The Labute approximate surface area is 193 Å². The summed E-state index contributed by atoms with van der Waals surface area (Å²) in [5.41, 5.74) is 2.57. The largest absolute Gasteiger partial charge is 0.493 e. The lowest BCUT2D eigenvalue weighted by Gasteiger charge is -2.39. The Morgan fingerprint density at radius 3 is 2.47 bits per heavy atom. The van der Waals surface area contributed by atoms with Gasteiger partial charge in [-0.3, -0.25) is 4.79 Å². The van der Waals surface area contributed by atoms with E-state index in [0.717, 1.165) is 54.0 Å². The molecule has 6 heteroatoms. The number of aryl methyl sites for hydroxylation is 1. The third kappa shape index (κ3) is 4.99. The average Bonchev–Trinajstić information content (AvgIpc) is 3.13. The van der Waals surface area contributed by atoms with Crippen LogP contribution in [0.3, 0.4) is 0 Å². The van der Waals surface area contributed by atoms with Gasteiger partial charge in [0.15, 0.2) is 0 Å². The van der Waals surface area contributed by atoms with Crippen molar-refractivity contribution in [3.8, 4) is 17.2 Å². The van der Waals surface area contributed by atoms with Crippen molar-refractivity contribution in [2.24, 2.45) is 5.41 Å². The Balaban J connectivity index is 1.31. The maximum Gasteiger partial charge on any atom is 0.312 e. The highest BCUT2D eigenvalue weighted by molar-refractivity contribution is 6.30. The molecule has 0 bridgehead atoms. The number of esters is 1. The quantitative estimate of drug-likeness (QED) is 0.361. The van der Waals surface area contributed by atoms with Crippen molar-refractivity contribution in [2.75, 3.05) is 13.2 Å². The molecule has 5 nitrogen and oxygen atoms in total. The normalized spacial score (nSPS) is 14.6. The van der Waals surface area contributed by atoms with Crippen LogP contribution in [-0.2, 0) is 22.4 Å². The molecule has 0 saturated heterocycles. The van der Waals surface area contributed by atoms with Gasteiger partial charge in [-0.05, 0) is 75.1 Å². The number of hydrogen-bond acceptors (Lipinski definition) is 5. The van der Waals surface area contributed by atoms with E-state index in [1.54, 1.807) is 0 Å². The van der Waals surface area contributed by atoms with E-state index >= 15 is 0 Å². The first-order chi connectivity index (χ1) is 15.5. The summed E-state index contributed by atoms with van der Waals surface area (Å²) in [6.07, 6.45) is 4.26. The molecule has 0 spiro atoms. The molecule has 1 aliphatic carbocycles. The summed E-state index contributed by atoms with van der Waals surface area (Å²) < 4.78 is 17.0. The molecule has 0 N–H and O–H groups in total. The molecular formula is C26H28ClNO4. The van der Waals surface area contributed by atoms with Crippen molar-refractivity contribution in [1.82, 2.24) is 4.98 Å². The van der Waals surface area contributed by atoms with Gasteiger partial charge in [0.2, 0.25) is 5.89 Å². The zero-order chi connectivity index (χ0) is 22.6. The second-order valence-corrected chi connectivity index (χ2v) is 8.74. The Morgan fingerprint density at radius 2 is 1.84 bits per heavy atom. The van der Waals surface area contributed by atoms with Gasteiger partial charge in [-0.1, -0.05) is 30.2 Å². The number of nitrogens with zero attached hydrogens (tertiary/aromatic N) is 1. The van der Waals surface area contributed by atoms with Gasteiger partial charge in [-0.25, -0.2) is 4.98 Å². The zero-order valence-electron chi connectivity index (χ0n) is 18.5. The molecule has 1 heterocycles. The van der Waals surface area contributed by atoms with Crippen molar-refractivity contribution in [3.05, 3.63) is 70.6 Å². The van der Waals surface area contributed by atoms with E-state index in [1.165, 1.54) is 0 Å². The van der Waals surface area contributed by atoms with Gasteiger partial charge in [0.05, 0.1) is 24.3 Å². The molecule has 32 heavy (non-hydrogen) atoms. The monoisotopic (exact) mass is 453 g/mol. The van der Waals surface area contributed by atoms with Gasteiger partial charge in [-0.15, -0.1) is 0 Å². The molecule has 0 amide bonds. The van der Waals surface area contributed by atoms with Crippen molar-refractivity contribution in [2.45, 2.75) is 46.0 Å². The predicted molar refractivity (Wildman–Crippen MR) is 124 cm³/mol. The third-order valence-corrected chi connectivity index (χ3v) is 6.33. The fourth-order valence-electron chi connectivity index (χ4n) is 4.08. The lowest BCUT2D eigenvalue weighted by atomic mass is 9.65. The smallest absolute Gasteiger partial charge is 0.312 e. The molecule has 3 aromatic rings. The van der Waals surface area contributed by atoms with E-state index in [9.17, 15) is 4.79 Å². The number of hydrogen-bond donors (Lipinski definition) is 0. The molecule has 0 radical (unpaired) electrons. The summed E-state index contributed by atoms with van der Waals surface area (Å²) in [5, 5.41) is 0.681. The second-order valence-electron chi connectivity index (χ2n) is 8.30. The third-order valence-electron chi connectivity index (χ3n) is 6.08. The molecule has 1 aliphatic rings. The van der Waals surface area contributed by atoms with Crippen LogP contribution in [0.15, 0.2) is 52.9 Å². The topological polar surface area (TPSA) is 61.6 Å². The number of ether oxygens (including phenoxy) is 2. The Morgan fingerprint density at radius 1 is 1.12 bits per heavy atom. The summed E-state index contributed by atoms with van der Waals surface area (Å²) >= 11 is 5.95. The number of oxazole rings is 1. The van der Waals surface area contributed by atoms with E-state index in [1.807, 2.05) is 62.4 Å². The minimum Gasteiger partial charge on any atom is -0.493 e. The minimum atomic E-state index is -0.343. The Kier molecular flexibility index (Phi) is 6.85. The standard InChI is InChI=1S/C26H28ClNO4/c1-3-30-25(29)26(14-4-15-26)17-19-5-11-22(12-6-19)31-16-13-23-18(2)32-24(28-23)20-7-9-21(27)10-8-20/h5-12H,3-4,13-17H2,1-2H3. The first kappa shape index (κ1) is 22.4. The first-order valence-corrected chi connectivity index (χ1v) is 11.5. The summed E-state index contributed by atoms with van der Waals surface area (Å²) in [5.74, 6) is 2.11. The summed E-state index contributed by atoms with van der Waals surface area (Å²) in [4.78, 5) is 17.0. The van der Waals surface area contributed by atoms with E-state index in [-0.39, 0.29) is 11.4 Å². The van der Waals surface area contributed by atoms with Gasteiger partial charge in [0, 0.05) is 17.0 Å². The molecule has 0 aliphatic heterocycles. The van der Waals surface area contributed by atoms with E-state index in [4.69, 9.17) is 25.5 Å². The molecule has 1 aromatic heterocycles. The van der Waals surface area contributed by atoms with Gasteiger partial charge in [-0.2, -0.15) is 0 Å². The van der Waals surface area contributed by atoms with Gasteiger partial charge < -0.3 is 13.9 Å². The highest BCUT2D eigenvalue weighted by Gasteiger charge is 2.45. The fraction of sp³-hybridized carbons (Fsp3) is 0.385. The second kappa shape index (κ2) is 9.78. The number of carbonyl (C=O) groups is 1. The van der Waals surface area contributed by atoms with Gasteiger partial charge in [0.1, 0.15) is 11.5 Å². The molecule has 1 fully saturated rings. The Bertz CT molecular complexity index is 1050. The molecule has 2 aromatic carbocycles. The number of halogens is 1. The molecule has 4 rings (SSSR count). The van der Waals surface area contributed by atoms with Crippen LogP contribution in [-0.4, -0.2) is 24.2 Å². The summed E-state index contributed by atoms with van der Waals surface area (Å²) in [7, 11) is 0. The lowest BCUT2D eigenvalue weighted by Crippen LogP contribution is -2.41. The van der Waals surface area contributed by atoms with E-state index in [2.05, 4.69) is 4.98 Å². The fourth-order valence-corrected chi connectivity index (χ4v) is 4.20. The van der Waals surface area contributed by atoms with E-state index < -0.39 is 0 Å². The highest BCUT2D eigenvalue weighted by Crippen LogP contribution is 2.45. The number of carbonyl (C=O) groups excluding carboxylic acids is 1. The van der Waals surface area contributed by atoms with Crippen molar-refractivity contribution < 1.29 is 18.7 Å². The van der Waals surface area contributed by atoms with Crippen LogP contribution in [0.2, 0.25) is 5.02 Å². The van der Waals surface area contributed by atoms with E-state index in [0.29, 0.717) is 30.5 Å². The summed E-state index contributed by atoms with van der Waals surface area (Å²) in [6.45, 7) is 4.70. The molecule has 0 unspecified atom stereocenters. The SMILES string of the molecule is CCOC(=O)C1(Cc2ccc(OCCc3nc(-c4ccc(Cl)cc4)oc3C)cc2)CCC1. The van der Waals surface area contributed by atoms with Crippen molar-refractivity contribution >= 4 is 17.6 Å². The maximum absolute atomic E-state index is 12.4. The van der Waals surface area contributed by atoms with Crippen LogP contribution in [0.4, 0.5) is 0 Å². The number of rotatable bonds is 9. The van der Waals surface area contributed by atoms with Crippen LogP contribution in [0, 0.1) is 12.3 Å². The first-order valence-electron chi connectivity index (χ1n) is 11.1. The molecule has 1 saturated carbocycles. The lowest BCUT2D eigenvalue weighted by molar-refractivity contribution is -0.161. The van der Waals surface area contributed by atoms with Crippen molar-refractivity contribution in [3.63, 3.8) is 0 Å². The van der Waals surface area contributed by atoms with Crippen LogP contribution >= 0.6 is 11.6 Å². The van der Waals surface area contributed by atoms with Gasteiger partial charge in [0.25, 0.3) is 0 Å².